The third-order valence-corrected chi connectivity index (χ3v) is 1.44. The van der Waals surface area contributed by atoms with E-state index in [9.17, 15) is 5.11 Å². The lowest BCUT2D eigenvalue weighted by Gasteiger charge is -1.93. The first kappa shape index (κ1) is 8.02. The van der Waals surface area contributed by atoms with Crippen molar-refractivity contribution >= 4 is 6.08 Å². The summed E-state index contributed by atoms with van der Waals surface area (Å²) in [6.07, 6.45) is 1.91. The van der Waals surface area contributed by atoms with Gasteiger partial charge in [-0.2, -0.15) is 0 Å². The normalized spacial score (nSPS) is 11.6. The van der Waals surface area contributed by atoms with Crippen molar-refractivity contribution < 1.29 is 5.11 Å². The Kier molecular flexibility index (Phi) is 2.87. The van der Waals surface area contributed by atoms with E-state index in [4.69, 9.17) is 0 Å². The third kappa shape index (κ3) is 2.56. The Labute approximate surface area is 67.0 Å². The van der Waals surface area contributed by atoms with Crippen LogP contribution in [0.25, 0.3) is 6.08 Å². The highest BCUT2D eigenvalue weighted by molar-refractivity contribution is 5.51. The molecule has 0 saturated heterocycles. The van der Waals surface area contributed by atoms with E-state index in [-0.39, 0.29) is 6.61 Å². The van der Waals surface area contributed by atoms with Crippen molar-refractivity contribution in [2.75, 3.05) is 6.61 Å². The van der Waals surface area contributed by atoms with Crippen LogP contribution in [0.4, 0.5) is 0 Å². The molecule has 11 heavy (non-hydrogen) atoms. The first-order chi connectivity index (χ1) is 5.33. The molecule has 0 atom stereocenters. The maximum Gasteiger partial charge on any atom is 0.103 e. The lowest BCUT2D eigenvalue weighted by molar-refractivity contribution is 0.224. The van der Waals surface area contributed by atoms with Crippen molar-refractivity contribution in [2.24, 2.45) is 0 Å². The van der Waals surface area contributed by atoms with Gasteiger partial charge in [-0.05, 0) is 18.1 Å². The van der Waals surface area contributed by atoms with Crippen LogP contribution >= 0.6 is 0 Å². The average molecular weight is 147 g/mol. The minimum absolute atomic E-state index is 0.116. The summed E-state index contributed by atoms with van der Waals surface area (Å²) in [5, 5.41) is 10.4. The van der Waals surface area contributed by atoms with Crippen molar-refractivity contribution in [3.8, 4) is 0 Å². The lowest BCUT2D eigenvalue weighted by Crippen LogP contribution is -1.81. The van der Waals surface area contributed by atoms with Crippen LogP contribution in [0, 0.1) is 0 Å². The van der Waals surface area contributed by atoms with Gasteiger partial charge < -0.3 is 0 Å². The van der Waals surface area contributed by atoms with Crippen molar-refractivity contribution in [1.29, 1.82) is 0 Å². The molecular weight excluding hydrogens is 136 g/mol. The maximum atomic E-state index is 10.4. The maximum absolute atomic E-state index is 10.4. The highest BCUT2D eigenvalue weighted by atomic mass is 16.3. The Balaban J connectivity index is 2.79. The topological polar surface area (TPSA) is 19.9 Å². The molecule has 0 aliphatic rings. The fourth-order valence-electron chi connectivity index (χ4n) is 0.875. The zero-order valence-electron chi connectivity index (χ0n) is 6.58. The molecule has 1 aromatic rings. The highest BCUT2D eigenvalue weighted by Crippen LogP contribution is 2.04. The van der Waals surface area contributed by atoms with Crippen molar-refractivity contribution in [3.05, 3.63) is 41.5 Å². The standard InChI is InChI=1S/C10H11O/c1-9(8-11)7-10-5-3-2-4-6-10/h2-7H,8H2,1H3/b9-7+. The van der Waals surface area contributed by atoms with Gasteiger partial charge in [0.25, 0.3) is 0 Å². The molecule has 0 N–H and O–H groups in total. The molecular formula is C10H11O. The van der Waals surface area contributed by atoms with Crippen LogP contribution in [0.1, 0.15) is 12.5 Å². The third-order valence-electron chi connectivity index (χ3n) is 1.44. The monoisotopic (exact) mass is 147 g/mol. The fourth-order valence-corrected chi connectivity index (χ4v) is 0.875. The van der Waals surface area contributed by atoms with Crippen molar-refractivity contribution in [3.63, 3.8) is 0 Å². The Morgan fingerprint density at radius 3 is 2.55 bits per heavy atom. The smallest absolute Gasteiger partial charge is 0.103 e. The molecule has 0 heterocycles. The van der Waals surface area contributed by atoms with Gasteiger partial charge in [0.1, 0.15) is 6.61 Å². The van der Waals surface area contributed by atoms with E-state index in [2.05, 4.69) is 0 Å². The number of hydrogen-bond acceptors (Lipinski definition) is 0. The highest BCUT2D eigenvalue weighted by Gasteiger charge is 1.87. The zero-order valence-corrected chi connectivity index (χ0v) is 6.58. The number of rotatable bonds is 2. The van der Waals surface area contributed by atoms with Gasteiger partial charge in [-0.15, -0.1) is 0 Å². The Morgan fingerprint density at radius 1 is 1.36 bits per heavy atom. The second-order valence-electron chi connectivity index (χ2n) is 2.55. The van der Waals surface area contributed by atoms with Crippen LogP contribution in [0.5, 0.6) is 0 Å². The summed E-state index contributed by atoms with van der Waals surface area (Å²) in [6.45, 7) is 1.73. The van der Waals surface area contributed by atoms with Crippen LogP contribution in [-0.4, -0.2) is 6.61 Å². The van der Waals surface area contributed by atoms with E-state index in [0.29, 0.717) is 0 Å². The fraction of sp³-hybridized carbons (Fsp3) is 0.200. The molecule has 0 bridgehead atoms. The molecule has 1 radical (unpaired) electrons. The predicted octanol–water partition coefficient (Wildman–Crippen LogP) is 2.52. The molecule has 0 fully saturated rings. The summed E-state index contributed by atoms with van der Waals surface area (Å²) in [5.41, 5.74) is 1.97. The van der Waals surface area contributed by atoms with Gasteiger partial charge in [-0.3, -0.25) is 0 Å². The molecule has 0 saturated carbocycles. The number of hydrogen-bond donors (Lipinski definition) is 0. The van der Waals surface area contributed by atoms with Crippen LogP contribution in [0.2, 0.25) is 0 Å². The first-order valence-corrected chi connectivity index (χ1v) is 3.63. The van der Waals surface area contributed by atoms with E-state index in [1.165, 1.54) is 0 Å². The second kappa shape index (κ2) is 3.94. The van der Waals surface area contributed by atoms with Gasteiger partial charge >= 0.3 is 0 Å². The molecule has 0 unspecified atom stereocenters. The molecule has 1 aromatic carbocycles. The largest absolute Gasteiger partial charge is 0.232 e. The Hall–Kier alpha value is -1.08. The summed E-state index contributed by atoms with van der Waals surface area (Å²) in [6, 6.07) is 9.86. The van der Waals surface area contributed by atoms with Crippen LogP contribution in [0.3, 0.4) is 0 Å². The van der Waals surface area contributed by atoms with Gasteiger partial charge in [0, 0.05) is 0 Å². The van der Waals surface area contributed by atoms with Gasteiger partial charge in [0.05, 0.1) is 0 Å². The van der Waals surface area contributed by atoms with Crippen LogP contribution in [0.15, 0.2) is 35.9 Å². The Bertz CT molecular complexity index is 236. The van der Waals surface area contributed by atoms with Crippen molar-refractivity contribution in [2.45, 2.75) is 6.92 Å². The summed E-state index contributed by atoms with van der Waals surface area (Å²) in [7, 11) is 0. The van der Waals surface area contributed by atoms with Gasteiger partial charge in [-0.25, -0.2) is 5.11 Å². The predicted molar refractivity (Wildman–Crippen MR) is 45.6 cm³/mol. The van der Waals surface area contributed by atoms with Crippen LogP contribution < -0.4 is 0 Å². The molecule has 1 nitrogen and oxygen atoms in total. The minimum atomic E-state index is -0.116. The zero-order chi connectivity index (χ0) is 8.10. The average Bonchev–Trinajstić information content (AvgIpc) is 2.06. The Morgan fingerprint density at radius 2 is 2.00 bits per heavy atom. The molecule has 0 aliphatic heterocycles. The molecule has 0 aromatic heterocycles. The van der Waals surface area contributed by atoms with E-state index >= 15 is 0 Å². The number of benzene rings is 1. The summed E-state index contributed by atoms with van der Waals surface area (Å²) >= 11 is 0. The molecule has 0 spiro atoms. The minimum Gasteiger partial charge on any atom is -0.232 e. The first-order valence-electron chi connectivity index (χ1n) is 3.63. The molecule has 1 heteroatoms. The van der Waals surface area contributed by atoms with E-state index < -0.39 is 0 Å². The quantitative estimate of drug-likeness (QED) is 0.612. The van der Waals surface area contributed by atoms with Crippen molar-refractivity contribution in [1.82, 2.24) is 0 Å². The van der Waals surface area contributed by atoms with Gasteiger partial charge in [0.2, 0.25) is 0 Å². The van der Waals surface area contributed by atoms with E-state index in [0.717, 1.165) is 11.1 Å². The van der Waals surface area contributed by atoms with Gasteiger partial charge in [-0.1, -0.05) is 36.4 Å². The SMILES string of the molecule is C/C(=C\c1ccccc1)C[O]. The van der Waals surface area contributed by atoms with Gasteiger partial charge in [0.15, 0.2) is 0 Å². The summed E-state index contributed by atoms with van der Waals surface area (Å²) < 4.78 is 0. The van der Waals surface area contributed by atoms with Crippen LogP contribution in [-0.2, 0) is 5.11 Å². The lowest BCUT2D eigenvalue weighted by atomic mass is 10.1. The molecule has 1 rings (SSSR count). The molecule has 0 aliphatic carbocycles. The summed E-state index contributed by atoms with van der Waals surface area (Å²) in [5.74, 6) is 0. The molecule has 57 valence electrons. The molecule has 0 amide bonds. The van der Waals surface area contributed by atoms with E-state index in [1.807, 2.05) is 43.3 Å². The summed E-state index contributed by atoms with van der Waals surface area (Å²) in [4.78, 5) is 0. The van der Waals surface area contributed by atoms with E-state index in [1.54, 1.807) is 0 Å². The second-order valence-corrected chi connectivity index (χ2v) is 2.55.